The van der Waals surface area contributed by atoms with Gasteiger partial charge in [-0.1, -0.05) is 18.3 Å². The lowest BCUT2D eigenvalue weighted by Crippen LogP contribution is -2.32. The minimum atomic E-state index is -0.261. The van der Waals surface area contributed by atoms with Crippen LogP contribution in [-0.2, 0) is 6.54 Å². The van der Waals surface area contributed by atoms with E-state index in [1.54, 1.807) is 12.1 Å². The Morgan fingerprint density at radius 3 is 2.62 bits per heavy atom. The number of halogens is 1. The minimum Gasteiger partial charge on any atom is -0.312 e. The van der Waals surface area contributed by atoms with Crippen molar-refractivity contribution in [2.75, 3.05) is 13.1 Å². The fourth-order valence-electron chi connectivity index (χ4n) is 2.74. The molecule has 0 amide bonds. The predicted octanol–water partition coefficient (Wildman–Crippen LogP) is 3.47. The quantitative estimate of drug-likeness (QED) is 0.942. The number of hydrogen-bond acceptors (Lipinski definition) is 3. The number of nitrogens with zero attached hydrogens (tertiary/aromatic N) is 1. The number of thiazole rings is 1. The molecule has 0 saturated carbocycles. The molecule has 0 bridgehead atoms. The van der Waals surface area contributed by atoms with Crippen LogP contribution in [-0.4, -0.2) is 23.0 Å². The van der Waals surface area contributed by atoms with Crippen molar-refractivity contribution in [2.24, 2.45) is 5.92 Å². The minimum absolute atomic E-state index is 0.0466. The van der Waals surface area contributed by atoms with Crippen molar-refractivity contribution in [3.63, 3.8) is 0 Å². The topological polar surface area (TPSA) is 36.1 Å². The molecule has 1 aromatic carbocycles. The van der Waals surface area contributed by atoms with E-state index in [4.69, 9.17) is 0 Å². The maximum Gasteiger partial charge on any atom is 0.305 e. The van der Waals surface area contributed by atoms with Crippen molar-refractivity contribution in [3.05, 3.63) is 44.6 Å². The fourth-order valence-corrected chi connectivity index (χ4v) is 3.64. The third kappa shape index (κ3) is 3.41. The number of likely N-dealkylation sites (tertiary alicyclic amines) is 1. The maximum absolute atomic E-state index is 13.0. The van der Waals surface area contributed by atoms with Gasteiger partial charge in [-0.2, -0.15) is 0 Å². The van der Waals surface area contributed by atoms with Gasteiger partial charge >= 0.3 is 4.87 Å². The van der Waals surface area contributed by atoms with Crippen LogP contribution in [0.15, 0.2) is 29.1 Å². The Balaban J connectivity index is 1.82. The summed E-state index contributed by atoms with van der Waals surface area (Å²) in [6.45, 7) is 5.24. The molecule has 1 fully saturated rings. The van der Waals surface area contributed by atoms with Gasteiger partial charge in [0, 0.05) is 11.4 Å². The van der Waals surface area contributed by atoms with E-state index in [0.717, 1.165) is 41.7 Å². The molecule has 2 aromatic rings. The molecular formula is C16H19FN2OS. The average molecular weight is 306 g/mol. The van der Waals surface area contributed by atoms with Crippen LogP contribution in [0.4, 0.5) is 4.39 Å². The number of aromatic amines is 1. The summed E-state index contributed by atoms with van der Waals surface area (Å²) in [5, 5.41) is 0. The predicted molar refractivity (Wildman–Crippen MR) is 84.0 cm³/mol. The first kappa shape index (κ1) is 14.5. The molecule has 1 N–H and O–H groups in total. The summed E-state index contributed by atoms with van der Waals surface area (Å²) in [5.74, 6) is 0.533. The van der Waals surface area contributed by atoms with Crippen LogP contribution in [0.5, 0.6) is 0 Å². The third-order valence-electron chi connectivity index (χ3n) is 4.10. The molecule has 0 spiro atoms. The van der Waals surface area contributed by atoms with E-state index in [0.29, 0.717) is 0 Å². The third-order valence-corrected chi connectivity index (χ3v) is 4.97. The van der Waals surface area contributed by atoms with Gasteiger partial charge < -0.3 is 4.98 Å². The second-order valence-electron chi connectivity index (χ2n) is 5.78. The second kappa shape index (κ2) is 6.12. The Morgan fingerprint density at radius 1 is 1.29 bits per heavy atom. The lowest BCUT2D eigenvalue weighted by atomic mass is 9.99. The van der Waals surface area contributed by atoms with Crippen molar-refractivity contribution in [2.45, 2.75) is 26.3 Å². The molecule has 0 atom stereocenters. The van der Waals surface area contributed by atoms with E-state index in [2.05, 4.69) is 16.8 Å². The molecule has 0 aliphatic carbocycles. The molecule has 0 radical (unpaired) electrons. The van der Waals surface area contributed by atoms with Gasteiger partial charge in [0.25, 0.3) is 0 Å². The standard InChI is InChI=1S/C16H19FN2OS/c1-11-6-8-19(9-7-11)10-14-15(18-16(20)21-14)12-2-4-13(17)5-3-12/h2-5,11H,6-10H2,1H3,(H,18,20). The molecule has 21 heavy (non-hydrogen) atoms. The molecule has 1 saturated heterocycles. The first-order valence-electron chi connectivity index (χ1n) is 7.32. The number of H-pyrrole nitrogens is 1. The molecule has 1 aliphatic rings. The van der Waals surface area contributed by atoms with Gasteiger partial charge in [0.05, 0.1) is 5.69 Å². The van der Waals surface area contributed by atoms with Crippen molar-refractivity contribution in [1.82, 2.24) is 9.88 Å². The Morgan fingerprint density at radius 2 is 1.95 bits per heavy atom. The van der Waals surface area contributed by atoms with Crippen molar-refractivity contribution < 1.29 is 4.39 Å². The first-order valence-corrected chi connectivity index (χ1v) is 8.14. The summed E-state index contributed by atoms with van der Waals surface area (Å²) in [5.41, 5.74) is 1.71. The van der Waals surface area contributed by atoms with E-state index >= 15 is 0 Å². The van der Waals surface area contributed by atoms with Crippen LogP contribution < -0.4 is 4.87 Å². The fraction of sp³-hybridized carbons (Fsp3) is 0.438. The van der Waals surface area contributed by atoms with E-state index in [1.165, 1.54) is 36.3 Å². The van der Waals surface area contributed by atoms with E-state index < -0.39 is 0 Å². The molecule has 0 unspecified atom stereocenters. The Hall–Kier alpha value is -1.46. The maximum atomic E-state index is 13.0. The van der Waals surface area contributed by atoms with Gasteiger partial charge in [0.15, 0.2) is 0 Å². The number of nitrogens with one attached hydrogen (secondary N) is 1. The lowest BCUT2D eigenvalue weighted by molar-refractivity contribution is 0.187. The van der Waals surface area contributed by atoms with Gasteiger partial charge in [0.2, 0.25) is 0 Å². The highest BCUT2D eigenvalue weighted by Gasteiger charge is 2.19. The highest BCUT2D eigenvalue weighted by atomic mass is 32.1. The lowest BCUT2D eigenvalue weighted by Gasteiger charge is -2.29. The molecule has 1 aliphatic heterocycles. The van der Waals surface area contributed by atoms with Gasteiger partial charge in [-0.05, 0) is 61.7 Å². The molecular weight excluding hydrogens is 287 g/mol. The zero-order chi connectivity index (χ0) is 14.8. The van der Waals surface area contributed by atoms with Crippen LogP contribution in [0, 0.1) is 11.7 Å². The van der Waals surface area contributed by atoms with Gasteiger partial charge in [-0.25, -0.2) is 4.39 Å². The zero-order valence-electron chi connectivity index (χ0n) is 12.1. The van der Waals surface area contributed by atoms with E-state index in [9.17, 15) is 9.18 Å². The monoisotopic (exact) mass is 306 g/mol. The average Bonchev–Trinajstić information content (AvgIpc) is 2.83. The first-order chi connectivity index (χ1) is 10.1. The van der Waals surface area contributed by atoms with Crippen LogP contribution >= 0.6 is 11.3 Å². The number of benzene rings is 1. The smallest absolute Gasteiger partial charge is 0.305 e. The van der Waals surface area contributed by atoms with Crippen LogP contribution in [0.1, 0.15) is 24.6 Å². The highest BCUT2D eigenvalue weighted by molar-refractivity contribution is 7.09. The number of hydrogen-bond donors (Lipinski definition) is 1. The van der Waals surface area contributed by atoms with Gasteiger partial charge in [-0.3, -0.25) is 9.69 Å². The van der Waals surface area contributed by atoms with Gasteiger partial charge in [0.1, 0.15) is 5.82 Å². The summed E-state index contributed by atoms with van der Waals surface area (Å²) in [7, 11) is 0. The molecule has 1 aromatic heterocycles. The summed E-state index contributed by atoms with van der Waals surface area (Å²) in [6, 6.07) is 6.29. The van der Waals surface area contributed by atoms with Crippen LogP contribution in [0.3, 0.4) is 0 Å². The van der Waals surface area contributed by atoms with Crippen LogP contribution in [0.2, 0.25) is 0 Å². The SMILES string of the molecule is CC1CCN(Cc2sc(=O)[nH]c2-c2ccc(F)cc2)CC1. The number of rotatable bonds is 3. The van der Waals surface area contributed by atoms with E-state index in [1.807, 2.05) is 0 Å². The summed E-state index contributed by atoms with van der Waals surface area (Å²) < 4.78 is 13.0. The molecule has 5 heteroatoms. The molecule has 112 valence electrons. The van der Waals surface area contributed by atoms with Crippen molar-refractivity contribution in [3.8, 4) is 11.3 Å². The summed E-state index contributed by atoms with van der Waals surface area (Å²) in [6.07, 6.45) is 2.43. The molecule has 3 nitrogen and oxygen atoms in total. The van der Waals surface area contributed by atoms with Crippen molar-refractivity contribution in [1.29, 1.82) is 0 Å². The summed E-state index contributed by atoms with van der Waals surface area (Å²) in [4.78, 5) is 18.0. The number of piperidine rings is 1. The Kier molecular flexibility index (Phi) is 4.22. The number of aromatic nitrogens is 1. The zero-order valence-corrected chi connectivity index (χ0v) is 12.9. The second-order valence-corrected chi connectivity index (χ2v) is 6.85. The summed E-state index contributed by atoms with van der Waals surface area (Å²) >= 11 is 1.26. The normalized spacial score (nSPS) is 17.2. The molecule has 2 heterocycles. The highest BCUT2D eigenvalue weighted by Crippen LogP contribution is 2.26. The Labute approximate surface area is 127 Å². The van der Waals surface area contributed by atoms with Crippen molar-refractivity contribution >= 4 is 11.3 Å². The van der Waals surface area contributed by atoms with Gasteiger partial charge in [-0.15, -0.1) is 0 Å². The molecule has 3 rings (SSSR count). The van der Waals surface area contributed by atoms with Crippen LogP contribution in [0.25, 0.3) is 11.3 Å². The Bertz CT molecular complexity index is 654. The largest absolute Gasteiger partial charge is 0.312 e. The van der Waals surface area contributed by atoms with E-state index in [-0.39, 0.29) is 10.7 Å².